The van der Waals surface area contributed by atoms with Gasteiger partial charge in [0.25, 0.3) is 0 Å². The van der Waals surface area contributed by atoms with Crippen molar-refractivity contribution in [3.05, 3.63) is 46.7 Å². The fraction of sp³-hybridized carbons (Fsp3) is 0.385. The van der Waals surface area contributed by atoms with Crippen LogP contribution < -0.4 is 0 Å². The Morgan fingerprint density at radius 3 is 2.28 bits per heavy atom. The summed E-state index contributed by atoms with van der Waals surface area (Å²) in [6, 6.07) is 9.80. The minimum Gasteiger partial charge on any atom is -0.305 e. The zero-order valence-corrected chi connectivity index (χ0v) is 12.3. The van der Waals surface area contributed by atoms with Crippen molar-refractivity contribution in [3.8, 4) is 0 Å². The highest BCUT2D eigenvalue weighted by Crippen LogP contribution is 2.57. The van der Waals surface area contributed by atoms with E-state index in [1.165, 1.54) is 0 Å². The van der Waals surface area contributed by atoms with Gasteiger partial charge in [0.2, 0.25) is 0 Å². The van der Waals surface area contributed by atoms with E-state index in [2.05, 4.69) is 0 Å². The van der Waals surface area contributed by atoms with Gasteiger partial charge in [-0.05, 0) is 25.8 Å². The monoisotopic (exact) mass is 288 g/mol. The van der Waals surface area contributed by atoms with Gasteiger partial charge in [0.15, 0.2) is 0 Å². The van der Waals surface area contributed by atoms with Gasteiger partial charge >= 0.3 is 7.60 Å². The van der Waals surface area contributed by atoms with Gasteiger partial charge in [0.1, 0.15) is 4.77 Å². The number of allylic oxidation sites excluding steroid dienone is 1. The number of rotatable bonds is 7. The van der Waals surface area contributed by atoms with E-state index in [0.717, 1.165) is 5.56 Å². The normalized spacial score (nSPS) is 12.7. The lowest BCUT2D eigenvalue weighted by Gasteiger charge is -2.15. The van der Waals surface area contributed by atoms with Crippen molar-refractivity contribution in [1.82, 2.24) is 0 Å². The van der Waals surface area contributed by atoms with Gasteiger partial charge in [0.05, 0.1) is 13.2 Å². The first-order valence-electron chi connectivity index (χ1n) is 5.91. The quantitative estimate of drug-likeness (QED) is 0.689. The van der Waals surface area contributed by atoms with Crippen LogP contribution in [0, 0.1) is 0 Å². The van der Waals surface area contributed by atoms with E-state index < -0.39 is 7.60 Å². The van der Waals surface area contributed by atoms with E-state index in [0.29, 0.717) is 19.6 Å². The maximum atomic E-state index is 12.3. The van der Waals surface area contributed by atoms with Crippen molar-refractivity contribution in [2.45, 2.75) is 20.3 Å². The lowest BCUT2D eigenvalue weighted by molar-refractivity contribution is 0.228. The van der Waals surface area contributed by atoms with E-state index in [9.17, 15) is 4.57 Å². The molecular formula is C13H18ClO3P. The third-order valence-electron chi connectivity index (χ3n) is 2.21. The van der Waals surface area contributed by atoms with Gasteiger partial charge in [0, 0.05) is 0 Å². The number of hydrogen-bond donors (Lipinski definition) is 0. The molecule has 0 heterocycles. The molecule has 0 aliphatic carbocycles. The van der Waals surface area contributed by atoms with Crippen LogP contribution in [0.3, 0.4) is 0 Å². The van der Waals surface area contributed by atoms with E-state index in [4.69, 9.17) is 20.6 Å². The summed E-state index contributed by atoms with van der Waals surface area (Å²) >= 11 is 6.04. The Kier molecular flexibility index (Phi) is 6.66. The van der Waals surface area contributed by atoms with Crippen LogP contribution in [0.2, 0.25) is 0 Å². The Labute approximate surface area is 113 Å². The van der Waals surface area contributed by atoms with Crippen molar-refractivity contribution in [3.63, 3.8) is 0 Å². The largest absolute Gasteiger partial charge is 0.372 e. The van der Waals surface area contributed by atoms with Crippen LogP contribution in [-0.2, 0) is 20.0 Å². The van der Waals surface area contributed by atoms with E-state index in [1.54, 1.807) is 19.9 Å². The van der Waals surface area contributed by atoms with Crippen LogP contribution in [0.1, 0.15) is 19.4 Å². The van der Waals surface area contributed by atoms with Gasteiger partial charge < -0.3 is 9.05 Å². The van der Waals surface area contributed by atoms with Crippen molar-refractivity contribution >= 4 is 19.2 Å². The summed E-state index contributed by atoms with van der Waals surface area (Å²) in [5.74, 6) is 0. The molecule has 0 radical (unpaired) electrons. The molecule has 0 atom stereocenters. The van der Waals surface area contributed by atoms with Gasteiger partial charge in [-0.2, -0.15) is 0 Å². The van der Waals surface area contributed by atoms with Crippen LogP contribution in [-0.4, -0.2) is 13.2 Å². The molecule has 1 aromatic rings. The zero-order valence-electron chi connectivity index (χ0n) is 10.6. The molecule has 0 aliphatic heterocycles. The highest BCUT2D eigenvalue weighted by Gasteiger charge is 2.27. The van der Waals surface area contributed by atoms with Crippen LogP contribution >= 0.6 is 19.2 Å². The number of halogens is 1. The van der Waals surface area contributed by atoms with Gasteiger partial charge in [-0.1, -0.05) is 48.0 Å². The fourth-order valence-corrected chi connectivity index (χ4v) is 3.11. The van der Waals surface area contributed by atoms with Crippen molar-refractivity contribution in [2.24, 2.45) is 0 Å². The highest BCUT2D eigenvalue weighted by atomic mass is 35.5. The average Bonchev–Trinajstić information content (AvgIpc) is 2.37. The molecule has 0 fully saturated rings. The first kappa shape index (κ1) is 15.5. The molecule has 1 aromatic carbocycles. The first-order chi connectivity index (χ1) is 8.62. The lowest BCUT2D eigenvalue weighted by Crippen LogP contribution is -1.96. The summed E-state index contributed by atoms with van der Waals surface area (Å²) < 4.78 is 22.7. The Hall–Kier alpha value is -0.600. The number of hydrogen-bond acceptors (Lipinski definition) is 3. The molecule has 1 rings (SSSR count). The van der Waals surface area contributed by atoms with E-state index in [1.807, 2.05) is 30.3 Å². The van der Waals surface area contributed by atoms with E-state index >= 15 is 0 Å². The first-order valence-corrected chi connectivity index (χ1v) is 7.83. The Bertz CT molecular complexity index is 421. The van der Waals surface area contributed by atoms with Gasteiger partial charge in [-0.3, -0.25) is 4.57 Å². The molecule has 18 heavy (non-hydrogen) atoms. The second-order valence-corrected chi connectivity index (χ2v) is 6.21. The average molecular weight is 289 g/mol. The van der Waals surface area contributed by atoms with Crippen LogP contribution in [0.4, 0.5) is 0 Å². The molecule has 5 heteroatoms. The predicted octanol–water partition coefficient (Wildman–Crippen LogP) is 4.58. The Morgan fingerprint density at radius 1 is 1.22 bits per heavy atom. The van der Waals surface area contributed by atoms with Gasteiger partial charge in [-0.15, -0.1) is 0 Å². The fourth-order valence-electron chi connectivity index (χ4n) is 1.43. The number of benzene rings is 1. The molecule has 0 aliphatic rings. The molecule has 0 N–H and O–H groups in total. The summed E-state index contributed by atoms with van der Waals surface area (Å²) in [7, 11) is -3.32. The third-order valence-corrected chi connectivity index (χ3v) is 4.89. The van der Waals surface area contributed by atoms with Crippen LogP contribution in [0.5, 0.6) is 0 Å². The maximum Gasteiger partial charge on any atom is 0.372 e. The second-order valence-electron chi connectivity index (χ2n) is 3.55. The minimum absolute atomic E-state index is 0.148. The smallest absolute Gasteiger partial charge is 0.305 e. The van der Waals surface area contributed by atoms with Crippen molar-refractivity contribution < 1.29 is 13.6 Å². The topological polar surface area (TPSA) is 35.5 Å². The molecule has 0 bridgehead atoms. The summed E-state index contributed by atoms with van der Waals surface area (Å²) in [6.45, 7) is 4.11. The lowest BCUT2D eigenvalue weighted by atomic mass is 10.2. The molecular weight excluding hydrogens is 271 g/mol. The predicted molar refractivity (Wildman–Crippen MR) is 74.9 cm³/mol. The Balaban J connectivity index is 2.77. The second kappa shape index (κ2) is 7.75. The molecule has 0 saturated carbocycles. The molecule has 0 spiro atoms. The molecule has 0 aromatic heterocycles. The Morgan fingerprint density at radius 2 is 1.78 bits per heavy atom. The van der Waals surface area contributed by atoms with Gasteiger partial charge in [-0.25, -0.2) is 0 Å². The van der Waals surface area contributed by atoms with Crippen LogP contribution in [0.15, 0.2) is 41.2 Å². The molecule has 0 amide bonds. The molecule has 0 unspecified atom stereocenters. The molecule has 0 saturated heterocycles. The highest BCUT2D eigenvalue weighted by molar-refractivity contribution is 7.61. The van der Waals surface area contributed by atoms with Crippen LogP contribution in [0.25, 0.3) is 0 Å². The zero-order chi connectivity index (χ0) is 13.4. The summed E-state index contributed by atoms with van der Waals surface area (Å²) in [4.78, 5) is 0. The SMILES string of the molecule is CCOP(=O)(OCC)/C(Cl)=C/Cc1ccccc1. The third kappa shape index (κ3) is 4.58. The molecule has 100 valence electrons. The molecule has 3 nitrogen and oxygen atoms in total. The maximum absolute atomic E-state index is 12.3. The minimum atomic E-state index is -3.32. The summed E-state index contributed by atoms with van der Waals surface area (Å²) in [5, 5.41) is 0. The summed E-state index contributed by atoms with van der Waals surface area (Å²) in [6.07, 6.45) is 2.28. The van der Waals surface area contributed by atoms with Crippen molar-refractivity contribution in [1.29, 1.82) is 0 Å². The standard InChI is InChI=1S/C13H18ClO3P/c1-3-16-18(15,17-4-2)13(14)11-10-12-8-6-5-7-9-12/h5-9,11H,3-4,10H2,1-2H3/b13-11+. The van der Waals surface area contributed by atoms with E-state index in [-0.39, 0.29) is 4.77 Å². The summed E-state index contributed by atoms with van der Waals surface area (Å²) in [5.41, 5.74) is 1.09. The van der Waals surface area contributed by atoms with Crippen molar-refractivity contribution in [2.75, 3.05) is 13.2 Å².